The second kappa shape index (κ2) is 5.52. The van der Waals surface area contributed by atoms with Crippen LogP contribution in [0.4, 0.5) is 0 Å². The molecule has 0 fully saturated rings. The summed E-state index contributed by atoms with van der Waals surface area (Å²) in [5.74, 6) is -0.635. The number of carboxylic acid groups (broad SMARTS) is 1. The van der Waals surface area contributed by atoms with Gasteiger partial charge in [-0.1, -0.05) is 15.9 Å². The van der Waals surface area contributed by atoms with Crippen molar-refractivity contribution in [1.29, 1.82) is 0 Å². The molecule has 0 aliphatic heterocycles. The van der Waals surface area contributed by atoms with Crippen LogP contribution in [0.2, 0.25) is 0 Å². The molecule has 1 rings (SSSR count). The number of aliphatic carboxylic acids is 1. The van der Waals surface area contributed by atoms with E-state index in [9.17, 15) is 4.79 Å². The first-order valence-corrected chi connectivity index (χ1v) is 5.05. The molecule has 6 heteroatoms. The number of carboxylic acids is 1. The molecule has 90 valence electrons. The number of hydrogen-bond donors (Lipinski definition) is 2. The fourth-order valence-electron chi connectivity index (χ4n) is 1.20. The van der Waals surface area contributed by atoms with Gasteiger partial charge < -0.3 is 15.6 Å². The topological polar surface area (TPSA) is 72.5 Å². The highest BCUT2D eigenvalue weighted by Gasteiger charge is 2.33. The van der Waals surface area contributed by atoms with E-state index in [0.717, 1.165) is 4.47 Å². The van der Waals surface area contributed by atoms with E-state index in [0.29, 0.717) is 11.3 Å². The molecule has 0 amide bonds. The van der Waals surface area contributed by atoms with Crippen molar-refractivity contribution in [3.8, 4) is 5.75 Å². The molecule has 0 heterocycles. The lowest BCUT2D eigenvalue weighted by Gasteiger charge is -2.22. The normalized spacial score (nSPS) is 13.5. The van der Waals surface area contributed by atoms with E-state index < -0.39 is 11.5 Å². The van der Waals surface area contributed by atoms with E-state index in [1.807, 2.05) is 0 Å². The van der Waals surface area contributed by atoms with Gasteiger partial charge in [0.25, 0.3) is 0 Å². The molecular formula is C10H13BrClNO3. The number of benzene rings is 1. The van der Waals surface area contributed by atoms with Gasteiger partial charge in [-0.05, 0) is 25.1 Å². The molecule has 0 spiro atoms. The zero-order valence-corrected chi connectivity index (χ0v) is 11.3. The van der Waals surface area contributed by atoms with Crippen LogP contribution in [0.5, 0.6) is 5.75 Å². The summed E-state index contributed by atoms with van der Waals surface area (Å²) in [7, 11) is 1.48. The molecular weight excluding hydrogens is 297 g/mol. The van der Waals surface area contributed by atoms with Crippen molar-refractivity contribution in [2.45, 2.75) is 12.5 Å². The molecule has 0 saturated heterocycles. The van der Waals surface area contributed by atoms with Crippen molar-refractivity contribution >= 4 is 34.3 Å². The molecule has 3 N–H and O–H groups in total. The Morgan fingerprint density at radius 3 is 2.56 bits per heavy atom. The highest BCUT2D eigenvalue weighted by Crippen LogP contribution is 2.30. The van der Waals surface area contributed by atoms with Crippen molar-refractivity contribution in [2.24, 2.45) is 5.73 Å². The van der Waals surface area contributed by atoms with Gasteiger partial charge in [0, 0.05) is 10.0 Å². The zero-order chi connectivity index (χ0) is 11.6. The number of methoxy groups -OCH3 is 1. The standard InChI is InChI=1S/C10H12BrNO3.ClH/c1-10(12,9(13)14)7-5-6(11)3-4-8(7)15-2;/h3-5H,12H2,1-2H3,(H,13,14);1H. The van der Waals surface area contributed by atoms with Gasteiger partial charge in [0.2, 0.25) is 0 Å². The Labute approximate surface area is 108 Å². The van der Waals surface area contributed by atoms with Crippen molar-refractivity contribution in [3.63, 3.8) is 0 Å². The minimum Gasteiger partial charge on any atom is -0.496 e. The largest absolute Gasteiger partial charge is 0.496 e. The predicted molar refractivity (Wildman–Crippen MR) is 67.1 cm³/mol. The van der Waals surface area contributed by atoms with Crippen LogP contribution >= 0.6 is 28.3 Å². The van der Waals surface area contributed by atoms with E-state index in [1.54, 1.807) is 18.2 Å². The Hall–Kier alpha value is -0.780. The molecule has 0 aromatic heterocycles. The van der Waals surface area contributed by atoms with Crippen molar-refractivity contribution in [3.05, 3.63) is 28.2 Å². The summed E-state index contributed by atoms with van der Waals surface area (Å²) >= 11 is 3.26. The Bertz CT molecular complexity index is 396. The summed E-state index contributed by atoms with van der Waals surface area (Å²) in [6.45, 7) is 1.43. The second-order valence-electron chi connectivity index (χ2n) is 3.35. The Morgan fingerprint density at radius 1 is 1.56 bits per heavy atom. The summed E-state index contributed by atoms with van der Waals surface area (Å²) < 4.78 is 5.83. The van der Waals surface area contributed by atoms with E-state index >= 15 is 0 Å². The lowest BCUT2D eigenvalue weighted by molar-refractivity contribution is -0.143. The first-order valence-electron chi connectivity index (χ1n) is 4.26. The van der Waals surface area contributed by atoms with Crippen LogP contribution in [0.25, 0.3) is 0 Å². The van der Waals surface area contributed by atoms with Crippen LogP contribution in [-0.4, -0.2) is 18.2 Å². The van der Waals surface area contributed by atoms with Gasteiger partial charge in [-0.15, -0.1) is 12.4 Å². The zero-order valence-electron chi connectivity index (χ0n) is 8.86. The third kappa shape index (κ3) is 2.87. The number of rotatable bonds is 3. The molecule has 0 radical (unpaired) electrons. The third-order valence-electron chi connectivity index (χ3n) is 2.17. The average Bonchev–Trinajstić information content (AvgIpc) is 2.17. The molecule has 16 heavy (non-hydrogen) atoms. The lowest BCUT2D eigenvalue weighted by Crippen LogP contribution is -2.42. The minimum atomic E-state index is -1.46. The summed E-state index contributed by atoms with van der Waals surface area (Å²) in [6.07, 6.45) is 0. The quantitative estimate of drug-likeness (QED) is 0.897. The summed E-state index contributed by atoms with van der Waals surface area (Å²) in [5, 5.41) is 9.01. The van der Waals surface area contributed by atoms with Crippen LogP contribution < -0.4 is 10.5 Å². The molecule has 0 saturated carbocycles. The van der Waals surface area contributed by atoms with Gasteiger partial charge in [-0.3, -0.25) is 0 Å². The smallest absolute Gasteiger partial charge is 0.328 e. The highest BCUT2D eigenvalue weighted by atomic mass is 79.9. The SMILES string of the molecule is COc1ccc(Br)cc1C(C)(N)C(=O)O.Cl. The second-order valence-corrected chi connectivity index (χ2v) is 4.27. The maximum absolute atomic E-state index is 11.0. The lowest BCUT2D eigenvalue weighted by atomic mass is 9.92. The van der Waals surface area contributed by atoms with Crippen molar-refractivity contribution in [2.75, 3.05) is 7.11 Å². The van der Waals surface area contributed by atoms with Gasteiger partial charge in [0.1, 0.15) is 11.3 Å². The van der Waals surface area contributed by atoms with E-state index in [2.05, 4.69) is 15.9 Å². The molecule has 0 aliphatic carbocycles. The molecule has 0 bridgehead atoms. The molecule has 1 aromatic rings. The highest BCUT2D eigenvalue weighted by molar-refractivity contribution is 9.10. The van der Waals surface area contributed by atoms with Crippen LogP contribution in [0.1, 0.15) is 12.5 Å². The van der Waals surface area contributed by atoms with E-state index in [1.165, 1.54) is 14.0 Å². The fraction of sp³-hybridized carbons (Fsp3) is 0.300. The fourth-order valence-corrected chi connectivity index (χ4v) is 1.56. The van der Waals surface area contributed by atoms with Gasteiger partial charge in [-0.25, -0.2) is 4.79 Å². The van der Waals surface area contributed by atoms with Crippen molar-refractivity contribution < 1.29 is 14.6 Å². The number of carbonyl (C=O) groups is 1. The van der Waals surface area contributed by atoms with Crippen LogP contribution in [0, 0.1) is 0 Å². The first-order chi connectivity index (χ1) is 6.89. The first kappa shape index (κ1) is 15.2. The summed E-state index contributed by atoms with van der Waals surface area (Å²) in [6, 6.07) is 5.08. The third-order valence-corrected chi connectivity index (χ3v) is 2.66. The van der Waals surface area contributed by atoms with Gasteiger partial charge >= 0.3 is 5.97 Å². The van der Waals surface area contributed by atoms with Crippen LogP contribution in [-0.2, 0) is 10.3 Å². The molecule has 0 aliphatic rings. The number of hydrogen-bond acceptors (Lipinski definition) is 3. The van der Waals surface area contributed by atoms with Crippen molar-refractivity contribution in [1.82, 2.24) is 0 Å². The summed E-state index contributed by atoms with van der Waals surface area (Å²) in [4.78, 5) is 11.0. The number of halogens is 2. The monoisotopic (exact) mass is 309 g/mol. The van der Waals surface area contributed by atoms with Gasteiger partial charge in [0.15, 0.2) is 0 Å². The maximum atomic E-state index is 11.0. The molecule has 4 nitrogen and oxygen atoms in total. The number of nitrogens with two attached hydrogens (primary N) is 1. The Balaban J connectivity index is 0.00000225. The van der Waals surface area contributed by atoms with Crippen LogP contribution in [0.3, 0.4) is 0 Å². The minimum absolute atomic E-state index is 0. The molecule has 1 aromatic carbocycles. The average molecular weight is 311 g/mol. The maximum Gasteiger partial charge on any atom is 0.328 e. The number of ether oxygens (including phenoxy) is 1. The Kier molecular flexibility index (Phi) is 5.25. The Morgan fingerprint density at radius 2 is 2.12 bits per heavy atom. The van der Waals surface area contributed by atoms with Crippen LogP contribution in [0.15, 0.2) is 22.7 Å². The van der Waals surface area contributed by atoms with Gasteiger partial charge in [0.05, 0.1) is 7.11 Å². The predicted octanol–water partition coefficient (Wildman–Crippen LogP) is 2.14. The van der Waals surface area contributed by atoms with E-state index in [-0.39, 0.29) is 12.4 Å². The molecule has 1 atom stereocenters. The van der Waals surface area contributed by atoms with Gasteiger partial charge in [-0.2, -0.15) is 0 Å². The molecule has 1 unspecified atom stereocenters. The summed E-state index contributed by atoms with van der Waals surface area (Å²) in [5.41, 5.74) is 4.70. The van der Waals surface area contributed by atoms with E-state index in [4.69, 9.17) is 15.6 Å².